The molecule has 2 rings (SSSR count). The second kappa shape index (κ2) is 6.30. The van der Waals surface area contributed by atoms with Crippen molar-refractivity contribution in [2.24, 2.45) is 5.73 Å². The van der Waals surface area contributed by atoms with Gasteiger partial charge in [-0.1, -0.05) is 6.92 Å². The fraction of sp³-hybridized carbons (Fsp3) is 0.714. The van der Waals surface area contributed by atoms with E-state index in [1.807, 2.05) is 12.4 Å². The van der Waals surface area contributed by atoms with Crippen molar-refractivity contribution in [2.75, 3.05) is 18.0 Å². The van der Waals surface area contributed by atoms with Crippen molar-refractivity contribution in [2.45, 2.75) is 51.9 Å². The first-order valence-electron chi connectivity index (χ1n) is 7.05. The van der Waals surface area contributed by atoms with E-state index < -0.39 is 0 Å². The number of morpholine rings is 1. The monoisotopic (exact) mass is 264 g/mol. The Hall–Kier alpha value is -1.20. The molecule has 2 N–H and O–H groups in total. The van der Waals surface area contributed by atoms with Gasteiger partial charge in [-0.15, -0.1) is 0 Å². The Labute approximate surface area is 115 Å². The molecule has 0 aromatic carbocycles. The number of nitrogens with two attached hydrogens (primary N) is 1. The molecule has 19 heavy (non-hydrogen) atoms. The molecule has 1 aliphatic heterocycles. The van der Waals surface area contributed by atoms with Crippen LogP contribution in [-0.2, 0) is 11.2 Å². The van der Waals surface area contributed by atoms with E-state index in [1.165, 1.54) is 0 Å². The van der Waals surface area contributed by atoms with Crippen molar-refractivity contribution in [3.8, 4) is 0 Å². The second-order valence-corrected chi connectivity index (χ2v) is 5.43. The molecule has 2 heterocycles. The Bertz CT molecular complexity index is 385. The number of ether oxygens (including phenoxy) is 1. The predicted octanol–water partition coefficient (Wildman–Crippen LogP) is 1.37. The largest absolute Gasteiger partial charge is 0.372 e. The van der Waals surface area contributed by atoms with Crippen LogP contribution in [0.25, 0.3) is 0 Å². The van der Waals surface area contributed by atoms with Gasteiger partial charge >= 0.3 is 0 Å². The van der Waals surface area contributed by atoms with Gasteiger partial charge < -0.3 is 15.4 Å². The minimum Gasteiger partial charge on any atom is -0.372 e. The van der Waals surface area contributed by atoms with Gasteiger partial charge in [0, 0.05) is 31.5 Å². The van der Waals surface area contributed by atoms with Crippen LogP contribution in [0.4, 0.5) is 5.95 Å². The Kier molecular flexibility index (Phi) is 4.71. The van der Waals surface area contributed by atoms with Crippen molar-refractivity contribution in [3.63, 3.8) is 0 Å². The van der Waals surface area contributed by atoms with E-state index in [-0.39, 0.29) is 18.2 Å². The quantitative estimate of drug-likeness (QED) is 0.890. The summed E-state index contributed by atoms with van der Waals surface area (Å²) in [4.78, 5) is 11.1. The minimum atomic E-state index is 0.192. The number of rotatable bonds is 4. The molecule has 5 nitrogen and oxygen atoms in total. The zero-order valence-corrected chi connectivity index (χ0v) is 12.0. The molecule has 0 bridgehead atoms. The summed E-state index contributed by atoms with van der Waals surface area (Å²) in [5, 5.41) is 0. The van der Waals surface area contributed by atoms with Gasteiger partial charge in [-0.05, 0) is 32.3 Å². The lowest BCUT2D eigenvalue weighted by Crippen LogP contribution is -2.46. The summed E-state index contributed by atoms with van der Waals surface area (Å²) in [6.07, 6.45) is 6.04. The van der Waals surface area contributed by atoms with Gasteiger partial charge in [-0.3, -0.25) is 0 Å². The third-order valence-corrected chi connectivity index (χ3v) is 3.42. The SMILES string of the molecule is CCC(N)Cc1cnc(N2C[C@@H](C)O[C@@H](C)C2)nc1. The molecule has 106 valence electrons. The van der Waals surface area contributed by atoms with E-state index in [9.17, 15) is 0 Å². The summed E-state index contributed by atoms with van der Waals surface area (Å²) >= 11 is 0. The molecular formula is C14H24N4O. The highest BCUT2D eigenvalue weighted by atomic mass is 16.5. The Balaban J connectivity index is 2.01. The number of nitrogens with zero attached hydrogens (tertiary/aromatic N) is 3. The molecule has 1 aliphatic rings. The van der Waals surface area contributed by atoms with Crippen molar-refractivity contribution in [1.82, 2.24) is 9.97 Å². The van der Waals surface area contributed by atoms with Gasteiger partial charge in [0.1, 0.15) is 0 Å². The van der Waals surface area contributed by atoms with Crippen LogP contribution in [0.2, 0.25) is 0 Å². The van der Waals surface area contributed by atoms with Gasteiger partial charge in [0.05, 0.1) is 12.2 Å². The average Bonchev–Trinajstić information content (AvgIpc) is 2.38. The van der Waals surface area contributed by atoms with Gasteiger partial charge in [0.15, 0.2) is 0 Å². The van der Waals surface area contributed by atoms with Crippen molar-refractivity contribution < 1.29 is 4.74 Å². The molecule has 1 saturated heterocycles. The molecule has 0 spiro atoms. The molecule has 1 fully saturated rings. The Morgan fingerprint density at radius 2 is 1.89 bits per heavy atom. The second-order valence-electron chi connectivity index (χ2n) is 5.43. The fourth-order valence-corrected chi connectivity index (χ4v) is 2.40. The molecule has 0 saturated carbocycles. The van der Waals surface area contributed by atoms with Gasteiger partial charge in [0.2, 0.25) is 5.95 Å². The molecule has 0 aliphatic carbocycles. The van der Waals surface area contributed by atoms with Crippen LogP contribution in [0.3, 0.4) is 0 Å². The Morgan fingerprint density at radius 3 is 2.42 bits per heavy atom. The zero-order chi connectivity index (χ0) is 13.8. The lowest BCUT2D eigenvalue weighted by molar-refractivity contribution is -0.00572. The first-order chi connectivity index (χ1) is 9.08. The minimum absolute atomic E-state index is 0.192. The maximum absolute atomic E-state index is 5.94. The molecule has 1 unspecified atom stereocenters. The summed E-state index contributed by atoms with van der Waals surface area (Å²) < 4.78 is 5.72. The lowest BCUT2D eigenvalue weighted by atomic mass is 10.1. The van der Waals surface area contributed by atoms with Crippen LogP contribution in [0.15, 0.2) is 12.4 Å². The standard InChI is InChI=1S/C14H24N4O/c1-4-13(15)5-12-6-16-14(17-7-12)18-8-10(2)19-11(3)9-18/h6-7,10-11,13H,4-5,8-9,15H2,1-3H3/t10-,11+,13?. The van der Waals surface area contributed by atoms with Crippen LogP contribution >= 0.6 is 0 Å². The molecule has 1 aromatic heterocycles. The van der Waals surface area contributed by atoms with Crippen LogP contribution in [0.1, 0.15) is 32.8 Å². The highest BCUT2D eigenvalue weighted by Gasteiger charge is 2.23. The van der Waals surface area contributed by atoms with Crippen molar-refractivity contribution >= 4 is 5.95 Å². The maximum atomic E-state index is 5.94. The Morgan fingerprint density at radius 1 is 1.32 bits per heavy atom. The van der Waals surface area contributed by atoms with Crippen LogP contribution in [0.5, 0.6) is 0 Å². The van der Waals surface area contributed by atoms with Crippen LogP contribution in [-0.4, -0.2) is 41.3 Å². The van der Waals surface area contributed by atoms with Crippen LogP contribution in [0, 0.1) is 0 Å². The van der Waals surface area contributed by atoms with E-state index in [2.05, 4.69) is 35.6 Å². The topological polar surface area (TPSA) is 64.3 Å². The normalized spacial score (nSPS) is 25.4. The molecule has 5 heteroatoms. The van der Waals surface area contributed by atoms with Gasteiger partial charge in [0.25, 0.3) is 0 Å². The summed E-state index contributed by atoms with van der Waals surface area (Å²) in [5.41, 5.74) is 7.04. The molecular weight excluding hydrogens is 240 g/mol. The highest BCUT2D eigenvalue weighted by Crippen LogP contribution is 2.16. The molecule has 3 atom stereocenters. The summed E-state index contributed by atoms with van der Waals surface area (Å²) in [5.74, 6) is 0.788. The van der Waals surface area contributed by atoms with E-state index in [4.69, 9.17) is 10.5 Å². The summed E-state index contributed by atoms with van der Waals surface area (Å²) in [6.45, 7) is 7.95. The van der Waals surface area contributed by atoms with E-state index in [0.29, 0.717) is 0 Å². The molecule has 0 radical (unpaired) electrons. The number of aromatic nitrogens is 2. The number of hydrogen-bond donors (Lipinski definition) is 1. The first-order valence-corrected chi connectivity index (χ1v) is 7.05. The first kappa shape index (κ1) is 14.2. The van der Waals surface area contributed by atoms with E-state index in [1.54, 1.807) is 0 Å². The zero-order valence-electron chi connectivity index (χ0n) is 12.0. The third-order valence-electron chi connectivity index (χ3n) is 3.42. The summed E-state index contributed by atoms with van der Waals surface area (Å²) in [7, 11) is 0. The van der Waals surface area contributed by atoms with Crippen molar-refractivity contribution in [1.29, 1.82) is 0 Å². The average molecular weight is 264 g/mol. The maximum Gasteiger partial charge on any atom is 0.225 e. The molecule has 0 amide bonds. The predicted molar refractivity (Wildman–Crippen MR) is 76.2 cm³/mol. The van der Waals surface area contributed by atoms with Gasteiger partial charge in [-0.2, -0.15) is 0 Å². The number of anilines is 1. The fourth-order valence-electron chi connectivity index (χ4n) is 2.40. The van der Waals surface area contributed by atoms with Crippen molar-refractivity contribution in [3.05, 3.63) is 18.0 Å². The molecule has 1 aromatic rings. The third kappa shape index (κ3) is 3.88. The summed E-state index contributed by atoms with van der Waals surface area (Å²) in [6, 6.07) is 0.192. The van der Waals surface area contributed by atoms with Gasteiger partial charge in [-0.25, -0.2) is 9.97 Å². The van der Waals surface area contributed by atoms with Crippen LogP contribution < -0.4 is 10.6 Å². The lowest BCUT2D eigenvalue weighted by Gasteiger charge is -2.35. The number of hydrogen-bond acceptors (Lipinski definition) is 5. The highest BCUT2D eigenvalue weighted by molar-refractivity contribution is 5.31. The van der Waals surface area contributed by atoms with E-state index >= 15 is 0 Å². The van der Waals surface area contributed by atoms with E-state index in [0.717, 1.165) is 37.4 Å². The smallest absolute Gasteiger partial charge is 0.225 e.